The van der Waals surface area contributed by atoms with Gasteiger partial charge in [-0.3, -0.25) is 4.79 Å². The van der Waals surface area contributed by atoms with Crippen LogP contribution in [0, 0.1) is 11.3 Å². The number of halogens is 1. The predicted molar refractivity (Wildman–Crippen MR) is 75.8 cm³/mol. The molecule has 0 radical (unpaired) electrons. The van der Waals surface area contributed by atoms with Crippen molar-refractivity contribution in [2.24, 2.45) is 0 Å². The Kier molecular flexibility index (Phi) is 4.37. The maximum atomic E-state index is 11.3. The summed E-state index contributed by atoms with van der Waals surface area (Å²) in [5.41, 5.74) is 0. The van der Waals surface area contributed by atoms with Crippen LogP contribution >= 0.6 is 15.9 Å². The molecule has 0 aliphatic carbocycles. The second-order valence-corrected chi connectivity index (χ2v) is 4.62. The number of nitrogens with zero attached hydrogens (tertiary/aromatic N) is 1. The number of hydrogen-bond acceptors (Lipinski definition) is 3. The molecule has 5 heteroatoms. The highest BCUT2D eigenvalue weighted by Gasteiger charge is 2.08. The van der Waals surface area contributed by atoms with Crippen LogP contribution in [0.4, 0.5) is 0 Å². The molecule has 0 aliphatic rings. The molecule has 0 aromatic heterocycles. The highest BCUT2D eigenvalue weighted by Crippen LogP contribution is 2.32. The fourth-order valence-electron chi connectivity index (χ4n) is 1.66. The van der Waals surface area contributed by atoms with Crippen LogP contribution in [-0.2, 0) is 4.79 Å². The molecule has 4 nitrogen and oxygen atoms in total. The zero-order valence-electron chi connectivity index (χ0n) is 10.0. The summed E-state index contributed by atoms with van der Waals surface area (Å²) >= 11 is 3.48. The number of ether oxygens (including phenoxy) is 1. The Hall–Kier alpha value is -2.06. The number of amides is 1. The van der Waals surface area contributed by atoms with Crippen LogP contribution in [0.3, 0.4) is 0 Å². The Balaban J connectivity index is 2.11. The Morgan fingerprint density at radius 1 is 1.32 bits per heavy atom. The lowest BCUT2D eigenvalue weighted by molar-refractivity contribution is -0.122. The molecular formula is C14H11BrN2O2. The van der Waals surface area contributed by atoms with Gasteiger partial charge in [-0.2, -0.15) is 5.26 Å². The highest BCUT2D eigenvalue weighted by atomic mass is 79.9. The summed E-state index contributed by atoms with van der Waals surface area (Å²) in [5.74, 6) is 0.285. The molecule has 0 fully saturated rings. The van der Waals surface area contributed by atoms with E-state index in [0.717, 1.165) is 15.2 Å². The van der Waals surface area contributed by atoms with Gasteiger partial charge in [0.2, 0.25) is 0 Å². The van der Waals surface area contributed by atoms with Crippen LogP contribution in [0.2, 0.25) is 0 Å². The van der Waals surface area contributed by atoms with E-state index in [1.807, 2.05) is 42.5 Å². The fourth-order valence-corrected chi connectivity index (χ4v) is 2.27. The summed E-state index contributed by atoms with van der Waals surface area (Å²) in [6.07, 6.45) is 0. The van der Waals surface area contributed by atoms with Crippen molar-refractivity contribution >= 4 is 32.6 Å². The normalized spacial score (nSPS) is 9.89. The molecule has 1 amide bonds. The SMILES string of the molecule is N#CCNC(=O)COc1ccc2ccccc2c1Br. The maximum absolute atomic E-state index is 11.3. The molecule has 0 spiro atoms. The van der Waals surface area contributed by atoms with E-state index in [9.17, 15) is 4.79 Å². The van der Waals surface area contributed by atoms with E-state index in [-0.39, 0.29) is 19.1 Å². The van der Waals surface area contributed by atoms with Gasteiger partial charge in [-0.1, -0.05) is 30.3 Å². The molecule has 2 rings (SSSR count). The molecule has 0 bridgehead atoms. The Labute approximate surface area is 119 Å². The van der Waals surface area contributed by atoms with Gasteiger partial charge >= 0.3 is 0 Å². The summed E-state index contributed by atoms with van der Waals surface area (Å²) < 4.78 is 6.25. The van der Waals surface area contributed by atoms with Gasteiger partial charge in [0, 0.05) is 0 Å². The van der Waals surface area contributed by atoms with Crippen LogP contribution < -0.4 is 10.1 Å². The molecule has 96 valence electrons. The third-order valence-electron chi connectivity index (χ3n) is 2.55. The number of nitrogens with one attached hydrogen (secondary N) is 1. The van der Waals surface area contributed by atoms with Gasteiger partial charge in [0.25, 0.3) is 5.91 Å². The van der Waals surface area contributed by atoms with E-state index in [2.05, 4.69) is 21.2 Å². The lowest BCUT2D eigenvalue weighted by Gasteiger charge is -2.09. The van der Waals surface area contributed by atoms with Crippen molar-refractivity contribution in [2.75, 3.05) is 13.2 Å². The largest absolute Gasteiger partial charge is 0.483 e. The van der Waals surface area contributed by atoms with E-state index in [1.54, 1.807) is 0 Å². The smallest absolute Gasteiger partial charge is 0.258 e. The number of benzene rings is 2. The molecular weight excluding hydrogens is 308 g/mol. The summed E-state index contributed by atoms with van der Waals surface area (Å²) in [6.45, 7) is -0.125. The molecule has 0 heterocycles. The molecule has 0 aliphatic heterocycles. The highest BCUT2D eigenvalue weighted by molar-refractivity contribution is 9.10. The topological polar surface area (TPSA) is 62.1 Å². The van der Waals surface area contributed by atoms with Crippen LogP contribution in [-0.4, -0.2) is 19.1 Å². The molecule has 0 saturated carbocycles. The van der Waals surface area contributed by atoms with Crippen molar-refractivity contribution in [3.05, 3.63) is 40.9 Å². The first-order chi connectivity index (χ1) is 9.22. The number of carbonyl (C=O) groups excluding carboxylic acids is 1. The van der Waals surface area contributed by atoms with Gasteiger partial charge in [-0.15, -0.1) is 0 Å². The first-order valence-corrected chi connectivity index (χ1v) is 6.45. The molecule has 2 aromatic rings. The van der Waals surface area contributed by atoms with E-state index >= 15 is 0 Å². The maximum Gasteiger partial charge on any atom is 0.258 e. The predicted octanol–water partition coefficient (Wildman–Crippen LogP) is 2.62. The van der Waals surface area contributed by atoms with Crippen molar-refractivity contribution in [3.63, 3.8) is 0 Å². The monoisotopic (exact) mass is 318 g/mol. The van der Waals surface area contributed by atoms with Gasteiger partial charge in [-0.05, 0) is 32.8 Å². The quantitative estimate of drug-likeness (QED) is 0.881. The standard InChI is InChI=1S/C14H11BrN2O2/c15-14-11-4-2-1-3-10(11)5-6-12(14)19-9-13(18)17-8-7-16/h1-6H,8-9H2,(H,17,18). The fraction of sp³-hybridized carbons (Fsp3) is 0.143. The molecule has 2 aromatic carbocycles. The zero-order chi connectivity index (χ0) is 13.7. The van der Waals surface area contributed by atoms with Crippen molar-refractivity contribution < 1.29 is 9.53 Å². The third-order valence-corrected chi connectivity index (χ3v) is 3.37. The van der Waals surface area contributed by atoms with E-state index < -0.39 is 0 Å². The number of nitriles is 1. The van der Waals surface area contributed by atoms with Gasteiger partial charge in [-0.25, -0.2) is 0 Å². The lowest BCUT2D eigenvalue weighted by Crippen LogP contribution is -2.29. The molecule has 19 heavy (non-hydrogen) atoms. The summed E-state index contributed by atoms with van der Waals surface area (Å²) in [4.78, 5) is 11.3. The first-order valence-electron chi connectivity index (χ1n) is 5.66. The van der Waals surface area contributed by atoms with Crippen molar-refractivity contribution in [1.29, 1.82) is 5.26 Å². The minimum Gasteiger partial charge on any atom is -0.483 e. The zero-order valence-corrected chi connectivity index (χ0v) is 11.6. The minimum absolute atomic E-state index is 0.0128. The van der Waals surface area contributed by atoms with Gasteiger partial charge in [0.1, 0.15) is 12.3 Å². The third kappa shape index (κ3) is 3.24. The number of carbonyl (C=O) groups is 1. The Morgan fingerprint density at radius 3 is 2.89 bits per heavy atom. The summed E-state index contributed by atoms with van der Waals surface area (Å²) in [6, 6.07) is 13.5. The van der Waals surface area contributed by atoms with Crippen molar-refractivity contribution in [3.8, 4) is 11.8 Å². The van der Waals surface area contributed by atoms with Crippen LogP contribution in [0.25, 0.3) is 10.8 Å². The molecule has 0 saturated heterocycles. The minimum atomic E-state index is -0.318. The van der Waals surface area contributed by atoms with E-state index in [4.69, 9.17) is 10.00 Å². The average molecular weight is 319 g/mol. The van der Waals surface area contributed by atoms with Crippen LogP contribution in [0.5, 0.6) is 5.75 Å². The second kappa shape index (κ2) is 6.21. The number of hydrogen-bond donors (Lipinski definition) is 1. The van der Waals surface area contributed by atoms with Gasteiger partial charge < -0.3 is 10.1 Å². The first kappa shape index (κ1) is 13.4. The van der Waals surface area contributed by atoms with Gasteiger partial charge in [0.15, 0.2) is 6.61 Å². The van der Waals surface area contributed by atoms with E-state index in [1.165, 1.54) is 0 Å². The number of fused-ring (bicyclic) bond motifs is 1. The second-order valence-electron chi connectivity index (χ2n) is 3.82. The summed E-state index contributed by atoms with van der Waals surface area (Å²) in [5, 5.41) is 12.9. The van der Waals surface area contributed by atoms with Gasteiger partial charge in [0.05, 0.1) is 10.5 Å². The van der Waals surface area contributed by atoms with Crippen molar-refractivity contribution in [2.45, 2.75) is 0 Å². The average Bonchev–Trinajstić information content (AvgIpc) is 2.44. The number of rotatable bonds is 4. The Bertz CT molecular complexity index is 649. The Morgan fingerprint density at radius 2 is 2.11 bits per heavy atom. The van der Waals surface area contributed by atoms with Crippen molar-refractivity contribution in [1.82, 2.24) is 5.32 Å². The summed E-state index contributed by atoms with van der Waals surface area (Å²) in [7, 11) is 0. The molecule has 1 N–H and O–H groups in total. The van der Waals surface area contributed by atoms with Crippen LogP contribution in [0.15, 0.2) is 40.9 Å². The molecule has 0 unspecified atom stereocenters. The lowest BCUT2D eigenvalue weighted by atomic mass is 10.1. The van der Waals surface area contributed by atoms with Crippen LogP contribution in [0.1, 0.15) is 0 Å². The molecule has 0 atom stereocenters. The van der Waals surface area contributed by atoms with E-state index in [0.29, 0.717) is 5.75 Å².